The Morgan fingerprint density at radius 2 is 1.69 bits per heavy atom. The lowest BCUT2D eigenvalue weighted by atomic mass is 10.1. The monoisotopic (exact) mass is 451 g/mol. The molecule has 3 aromatic carbocycles. The van der Waals surface area contributed by atoms with E-state index in [0.717, 1.165) is 16.5 Å². The number of carbonyl (C=O) groups is 2. The third-order valence-electron chi connectivity index (χ3n) is 5.38. The van der Waals surface area contributed by atoms with Gasteiger partial charge in [0, 0.05) is 30.1 Å². The summed E-state index contributed by atoms with van der Waals surface area (Å²) in [4.78, 5) is 27.3. The number of nitrogens with one attached hydrogen (secondary N) is 2. The van der Waals surface area contributed by atoms with E-state index in [1.165, 1.54) is 12.1 Å². The molecule has 7 nitrogen and oxygen atoms in total. The van der Waals surface area contributed by atoms with E-state index in [1.54, 1.807) is 30.9 Å². The predicted molar refractivity (Wildman–Crippen MR) is 125 cm³/mol. The molecule has 1 aliphatic heterocycles. The fraction of sp³-hybridized carbons (Fsp3) is 0.250. The molecule has 1 aliphatic rings. The largest absolute Gasteiger partial charge is 0.326 e. The molecule has 1 atom stereocenters. The first kappa shape index (κ1) is 22.0. The van der Waals surface area contributed by atoms with Crippen molar-refractivity contribution in [3.8, 4) is 0 Å². The van der Waals surface area contributed by atoms with E-state index in [4.69, 9.17) is 0 Å². The zero-order chi connectivity index (χ0) is 22.9. The van der Waals surface area contributed by atoms with Crippen molar-refractivity contribution < 1.29 is 18.0 Å². The van der Waals surface area contributed by atoms with Gasteiger partial charge in [-0.15, -0.1) is 0 Å². The van der Waals surface area contributed by atoms with Crippen LogP contribution < -0.4 is 14.9 Å². The van der Waals surface area contributed by atoms with Gasteiger partial charge in [-0.2, -0.15) is 0 Å². The molecule has 166 valence electrons. The van der Waals surface area contributed by atoms with E-state index < -0.39 is 15.9 Å². The van der Waals surface area contributed by atoms with Gasteiger partial charge in [0.25, 0.3) is 0 Å². The maximum atomic E-state index is 12.8. The van der Waals surface area contributed by atoms with Crippen LogP contribution in [0.5, 0.6) is 0 Å². The molecule has 1 fully saturated rings. The van der Waals surface area contributed by atoms with E-state index in [0.29, 0.717) is 12.2 Å². The van der Waals surface area contributed by atoms with Gasteiger partial charge >= 0.3 is 0 Å². The van der Waals surface area contributed by atoms with Crippen LogP contribution in [0.15, 0.2) is 71.6 Å². The summed E-state index contributed by atoms with van der Waals surface area (Å²) >= 11 is 0. The Bertz CT molecular complexity index is 1260. The highest BCUT2D eigenvalue weighted by molar-refractivity contribution is 7.89. The third kappa shape index (κ3) is 4.51. The van der Waals surface area contributed by atoms with Crippen LogP contribution in [0, 0.1) is 5.92 Å². The summed E-state index contributed by atoms with van der Waals surface area (Å²) in [6.45, 7) is 3.79. The Morgan fingerprint density at radius 3 is 2.41 bits per heavy atom. The van der Waals surface area contributed by atoms with Crippen molar-refractivity contribution >= 4 is 44.0 Å². The van der Waals surface area contributed by atoms with Crippen LogP contribution in [-0.4, -0.2) is 32.8 Å². The number of benzene rings is 3. The van der Waals surface area contributed by atoms with Gasteiger partial charge in [-0.1, -0.05) is 36.4 Å². The fourth-order valence-electron chi connectivity index (χ4n) is 3.90. The van der Waals surface area contributed by atoms with Gasteiger partial charge in [-0.05, 0) is 49.6 Å². The molecular weight excluding hydrogens is 426 g/mol. The first-order valence-electron chi connectivity index (χ1n) is 10.5. The number of carbonyl (C=O) groups excluding carboxylic acids is 2. The van der Waals surface area contributed by atoms with Crippen LogP contribution >= 0.6 is 0 Å². The summed E-state index contributed by atoms with van der Waals surface area (Å²) in [6.07, 6.45) is 0.125. The van der Waals surface area contributed by atoms with Gasteiger partial charge < -0.3 is 10.2 Å². The predicted octanol–water partition coefficient (Wildman–Crippen LogP) is 3.52. The van der Waals surface area contributed by atoms with Crippen molar-refractivity contribution in [3.05, 3.63) is 66.7 Å². The molecule has 0 saturated carbocycles. The fourth-order valence-corrected chi connectivity index (χ4v) is 5.15. The van der Waals surface area contributed by atoms with Gasteiger partial charge in [-0.3, -0.25) is 9.59 Å². The van der Waals surface area contributed by atoms with Crippen molar-refractivity contribution in [2.24, 2.45) is 5.92 Å². The van der Waals surface area contributed by atoms with E-state index in [2.05, 4.69) is 10.0 Å². The number of amides is 2. The molecule has 1 heterocycles. The van der Waals surface area contributed by atoms with Crippen LogP contribution in [-0.2, 0) is 19.6 Å². The van der Waals surface area contributed by atoms with Crippen molar-refractivity contribution in [2.45, 2.75) is 31.2 Å². The number of sulfonamides is 1. The SMILES string of the molecule is CC(C)NS(=O)(=O)c1ccc(NC(=O)C2CC(=O)N(c3cccc4ccccc34)C2)cc1. The Hall–Kier alpha value is -3.23. The molecule has 2 amide bonds. The van der Waals surface area contributed by atoms with Gasteiger partial charge in [0.05, 0.1) is 16.5 Å². The molecular formula is C24H25N3O4S. The lowest BCUT2D eigenvalue weighted by molar-refractivity contribution is -0.122. The summed E-state index contributed by atoms with van der Waals surface area (Å²) in [7, 11) is -3.60. The average molecular weight is 452 g/mol. The molecule has 1 unspecified atom stereocenters. The van der Waals surface area contributed by atoms with Crippen molar-refractivity contribution in [1.82, 2.24) is 4.72 Å². The second-order valence-electron chi connectivity index (χ2n) is 8.19. The smallest absolute Gasteiger partial charge is 0.240 e. The van der Waals surface area contributed by atoms with Crippen molar-refractivity contribution in [2.75, 3.05) is 16.8 Å². The lowest BCUT2D eigenvalue weighted by Crippen LogP contribution is -2.30. The summed E-state index contributed by atoms with van der Waals surface area (Å²) in [5.41, 5.74) is 1.28. The van der Waals surface area contributed by atoms with Crippen LogP contribution in [0.25, 0.3) is 10.8 Å². The Morgan fingerprint density at radius 1 is 1.00 bits per heavy atom. The molecule has 4 rings (SSSR count). The lowest BCUT2D eigenvalue weighted by Gasteiger charge is -2.19. The van der Waals surface area contributed by atoms with Crippen LogP contribution in [0.4, 0.5) is 11.4 Å². The molecule has 32 heavy (non-hydrogen) atoms. The molecule has 0 radical (unpaired) electrons. The van der Waals surface area contributed by atoms with Crippen LogP contribution in [0.3, 0.4) is 0 Å². The Labute approximate surface area is 187 Å². The number of fused-ring (bicyclic) bond motifs is 1. The number of nitrogens with zero attached hydrogens (tertiary/aromatic N) is 1. The third-order valence-corrected chi connectivity index (χ3v) is 7.05. The average Bonchev–Trinajstić information content (AvgIpc) is 3.14. The topological polar surface area (TPSA) is 95.6 Å². The molecule has 2 N–H and O–H groups in total. The minimum atomic E-state index is -3.60. The maximum Gasteiger partial charge on any atom is 0.240 e. The standard InChI is InChI=1S/C24H25N3O4S/c1-16(2)26-32(30,31)20-12-10-19(11-13-20)25-24(29)18-14-23(28)27(15-18)22-9-5-7-17-6-3-4-8-21(17)22/h3-13,16,18,26H,14-15H2,1-2H3,(H,25,29). The van der Waals surface area contributed by atoms with Gasteiger partial charge in [-0.25, -0.2) is 13.1 Å². The second-order valence-corrected chi connectivity index (χ2v) is 9.91. The molecule has 0 aromatic heterocycles. The normalized spacial score (nSPS) is 16.7. The number of rotatable bonds is 6. The van der Waals surface area contributed by atoms with Crippen molar-refractivity contribution in [1.29, 1.82) is 0 Å². The number of hydrogen-bond donors (Lipinski definition) is 2. The summed E-state index contributed by atoms with van der Waals surface area (Å²) < 4.78 is 27.0. The Kier molecular flexibility index (Phi) is 5.99. The number of anilines is 2. The minimum absolute atomic E-state index is 0.0947. The van der Waals surface area contributed by atoms with Gasteiger partial charge in [0.1, 0.15) is 0 Å². The highest BCUT2D eigenvalue weighted by Gasteiger charge is 2.35. The minimum Gasteiger partial charge on any atom is -0.326 e. The first-order chi connectivity index (χ1) is 15.2. The van der Waals surface area contributed by atoms with Crippen molar-refractivity contribution in [3.63, 3.8) is 0 Å². The summed E-state index contributed by atoms with van der Waals surface area (Å²) in [5, 5.41) is 4.80. The van der Waals surface area contributed by atoms with E-state index in [-0.39, 0.29) is 29.2 Å². The van der Waals surface area contributed by atoms with E-state index in [9.17, 15) is 18.0 Å². The molecule has 0 bridgehead atoms. The zero-order valence-corrected chi connectivity index (χ0v) is 18.7. The Balaban J connectivity index is 1.46. The molecule has 0 aliphatic carbocycles. The molecule has 0 spiro atoms. The highest BCUT2D eigenvalue weighted by atomic mass is 32.2. The maximum absolute atomic E-state index is 12.8. The molecule has 8 heteroatoms. The first-order valence-corrected chi connectivity index (χ1v) is 11.9. The second kappa shape index (κ2) is 8.72. The van der Waals surface area contributed by atoms with Gasteiger partial charge in [0.15, 0.2) is 0 Å². The quantitative estimate of drug-likeness (QED) is 0.599. The molecule has 1 saturated heterocycles. The highest BCUT2D eigenvalue weighted by Crippen LogP contribution is 2.32. The van der Waals surface area contributed by atoms with E-state index in [1.807, 2.05) is 42.5 Å². The summed E-state index contributed by atoms with van der Waals surface area (Å²) in [6, 6.07) is 19.4. The van der Waals surface area contributed by atoms with Gasteiger partial charge in [0.2, 0.25) is 21.8 Å². The zero-order valence-electron chi connectivity index (χ0n) is 17.9. The van der Waals surface area contributed by atoms with Crippen LogP contribution in [0.1, 0.15) is 20.3 Å². The summed E-state index contributed by atoms with van der Waals surface area (Å²) in [5.74, 6) is -0.854. The molecule has 3 aromatic rings. The van der Waals surface area contributed by atoms with E-state index >= 15 is 0 Å². The van der Waals surface area contributed by atoms with Crippen LogP contribution in [0.2, 0.25) is 0 Å². The number of hydrogen-bond acceptors (Lipinski definition) is 4.